The molecule has 4 nitrogen and oxygen atoms in total. The van der Waals surface area contributed by atoms with Crippen LogP contribution in [0.3, 0.4) is 0 Å². The summed E-state index contributed by atoms with van der Waals surface area (Å²) in [6.45, 7) is 3.05. The van der Waals surface area contributed by atoms with Gasteiger partial charge >= 0.3 is 0 Å². The minimum Gasteiger partial charge on any atom is -0.399 e. The molecule has 4 heteroatoms. The van der Waals surface area contributed by atoms with Crippen LogP contribution >= 0.6 is 0 Å². The molecule has 1 aromatic rings. The Morgan fingerprint density at radius 2 is 2.16 bits per heavy atom. The fourth-order valence-electron chi connectivity index (χ4n) is 2.67. The predicted octanol–water partition coefficient (Wildman–Crippen LogP) is 2.61. The van der Waals surface area contributed by atoms with Crippen molar-refractivity contribution in [2.45, 2.75) is 39.0 Å². The zero-order chi connectivity index (χ0) is 13.7. The monoisotopic (exact) mass is 261 g/mol. The molecule has 0 bridgehead atoms. The highest BCUT2D eigenvalue weighted by Gasteiger charge is 2.18. The molecule has 0 atom stereocenters. The number of pyridine rings is 1. The van der Waals surface area contributed by atoms with Gasteiger partial charge in [-0.15, -0.1) is 0 Å². The Morgan fingerprint density at radius 1 is 1.42 bits per heavy atom. The second-order valence-corrected chi connectivity index (χ2v) is 5.64. The van der Waals surface area contributed by atoms with Gasteiger partial charge in [0.15, 0.2) is 0 Å². The van der Waals surface area contributed by atoms with Crippen LogP contribution in [0.1, 0.15) is 49.5 Å². The van der Waals surface area contributed by atoms with E-state index in [1.807, 2.05) is 0 Å². The lowest BCUT2D eigenvalue weighted by Crippen LogP contribution is -2.27. The van der Waals surface area contributed by atoms with Gasteiger partial charge in [-0.25, -0.2) is 0 Å². The predicted molar refractivity (Wildman–Crippen MR) is 76.7 cm³/mol. The molecule has 1 fully saturated rings. The van der Waals surface area contributed by atoms with Gasteiger partial charge in [0.05, 0.1) is 0 Å². The van der Waals surface area contributed by atoms with Crippen LogP contribution in [0.15, 0.2) is 18.3 Å². The van der Waals surface area contributed by atoms with Crippen molar-refractivity contribution >= 4 is 11.6 Å². The van der Waals surface area contributed by atoms with E-state index in [0.717, 1.165) is 24.8 Å². The first-order chi connectivity index (χ1) is 9.15. The van der Waals surface area contributed by atoms with Crippen molar-refractivity contribution < 1.29 is 4.79 Å². The molecule has 0 aliphatic heterocycles. The molecule has 1 amide bonds. The normalized spacial score (nSPS) is 23.0. The summed E-state index contributed by atoms with van der Waals surface area (Å²) in [6, 6.07) is 3.29. The summed E-state index contributed by atoms with van der Waals surface area (Å²) in [5.41, 5.74) is 6.61. The number of anilines is 1. The molecule has 0 spiro atoms. The molecule has 104 valence electrons. The first-order valence-electron chi connectivity index (χ1n) is 7.15. The van der Waals surface area contributed by atoms with Gasteiger partial charge in [0.1, 0.15) is 5.69 Å². The van der Waals surface area contributed by atoms with E-state index in [-0.39, 0.29) is 5.91 Å². The average Bonchev–Trinajstić information content (AvgIpc) is 2.41. The molecule has 1 aromatic heterocycles. The van der Waals surface area contributed by atoms with Gasteiger partial charge in [-0.05, 0) is 30.4 Å². The van der Waals surface area contributed by atoms with Crippen molar-refractivity contribution in [1.29, 1.82) is 0 Å². The van der Waals surface area contributed by atoms with Crippen molar-refractivity contribution in [3.8, 4) is 0 Å². The molecule has 1 saturated carbocycles. The van der Waals surface area contributed by atoms with Gasteiger partial charge in [-0.3, -0.25) is 9.78 Å². The molecule has 3 N–H and O–H groups in total. The van der Waals surface area contributed by atoms with E-state index in [1.54, 1.807) is 18.3 Å². The smallest absolute Gasteiger partial charge is 0.269 e. The second-order valence-electron chi connectivity index (χ2n) is 5.64. The molecule has 0 saturated heterocycles. The molecule has 19 heavy (non-hydrogen) atoms. The number of nitrogen functional groups attached to an aromatic ring is 1. The number of rotatable bonds is 4. The van der Waals surface area contributed by atoms with E-state index in [9.17, 15) is 4.79 Å². The number of aromatic nitrogens is 1. The maximum atomic E-state index is 11.9. The van der Waals surface area contributed by atoms with Gasteiger partial charge in [-0.1, -0.05) is 32.6 Å². The van der Waals surface area contributed by atoms with Gasteiger partial charge in [0, 0.05) is 18.4 Å². The second kappa shape index (κ2) is 6.55. The van der Waals surface area contributed by atoms with Crippen LogP contribution in [-0.4, -0.2) is 17.4 Å². The highest BCUT2D eigenvalue weighted by Crippen LogP contribution is 2.29. The lowest BCUT2D eigenvalue weighted by molar-refractivity contribution is 0.0945. The summed E-state index contributed by atoms with van der Waals surface area (Å²) in [5, 5.41) is 2.93. The number of nitrogens with zero attached hydrogens (tertiary/aromatic N) is 1. The van der Waals surface area contributed by atoms with Crippen LogP contribution in [-0.2, 0) is 0 Å². The maximum absolute atomic E-state index is 11.9. The van der Waals surface area contributed by atoms with E-state index < -0.39 is 0 Å². The van der Waals surface area contributed by atoms with Crippen molar-refractivity contribution in [3.05, 3.63) is 24.0 Å². The average molecular weight is 261 g/mol. The molecule has 0 unspecified atom stereocenters. The van der Waals surface area contributed by atoms with Crippen LogP contribution in [0.2, 0.25) is 0 Å². The Hall–Kier alpha value is -1.58. The summed E-state index contributed by atoms with van der Waals surface area (Å²) in [5.74, 6) is 1.52. The van der Waals surface area contributed by atoms with Crippen LogP contribution in [0.4, 0.5) is 5.69 Å². The molecular formula is C15H23N3O. The van der Waals surface area contributed by atoms with E-state index >= 15 is 0 Å². The highest BCUT2D eigenvalue weighted by atomic mass is 16.1. The number of hydrogen-bond donors (Lipinski definition) is 2. The molecule has 1 aliphatic carbocycles. The SMILES string of the molecule is CC1CCC(CCNC(=O)c2cc(N)ccn2)CC1. The number of amides is 1. The van der Waals surface area contributed by atoms with E-state index in [4.69, 9.17) is 5.73 Å². The Kier molecular flexibility index (Phi) is 4.77. The van der Waals surface area contributed by atoms with Gasteiger partial charge < -0.3 is 11.1 Å². The van der Waals surface area contributed by atoms with Crippen LogP contribution in [0.25, 0.3) is 0 Å². The Bertz CT molecular complexity index is 425. The van der Waals surface area contributed by atoms with Gasteiger partial charge in [0.25, 0.3) is 5.91 Å². The minimum absolute atomic E-state index is 0.128. The zero-order valence-corrected chi connectivity index (χ0v) is 11.6. The van der Waals surface area contributed by atoms with Gasteiger partial charge in [-0.2, -0.15) is 0 Å². The summed E-state index contributed by atoms with van der Waals surface area (Å²) >= 11 is 0. The number of carbonyl (C=O) groups is 1. The number of hydrogen-bond acceptors (Lipinski definition) is 3. The zero-order valence-electron chi connectivity index (χ0n) is 11.6. The summed E-state index contributed by atoms with van der Waals surface area (Å²) in [6.07, 6.45) is 7.89. The lowest BCUT2D eigenvalue weighted by atomic mass is 9.81. The summed E-state index contributed by atoms with van der Waals surface area (Å²) in [4.78, 5) is 15.9. The third-order valence-electron chi connectivity index (χ3n) is 3.99. The van der Waals surface area contributed by atoms with Gasteiger partial charge in [0.2, 0.25) is 0 Å². The van der Waals surface area contributed by atoms with E-state index in [1.165, 1.54) is 25.7 Å². The van der Waals surface area contributed by atoms with Crippen molar-refractivity contribution in [2.24, 2.45) is 11.8 Å². The Balaban J connectivity index is 1.72. The molecule has 0 radical (unpaired) electrons. The quantitative estimate of drug-likeness (QED) is 0.875. The number of nitrogens with two attached hydrogens (primary N) is 1. The Labute approximate surface area is 114 Å². The maximum Gasteiger partial charge on any atom is 0.269 e. The molecule has 1 aliphatic rings. The standard InChI is InChI=1S/C15H23N3O/c1-11-2-4-12(5-3-11)6-8-18-15(19)14-10-13(16)7-9-17-14/h7,9-12H,2-6,8H2,1H3,(H2,16,17)(H,18,19). The van der Waals surface area contributed by atoms with Crippen molar-refractivity contribution in [2.75, 3.05) is 12.3 Å². The highest BCUT2D eigenvalue weighted by molar-refractivity contribution is 5.92. The van der Waals surface area contributed by atoms with Crippen LogP contribution in [0.5, 0.6) is 0 Å². The topological polar surface area (TPSA) is 68.0 Å². The minimum atomic E-state index is -0.128. The summed E-state index contributed by atoms with van der Waals surface area (Å²) in [7, 11) is 0. The summed E-state index contributed by atoms with van der Waals surface area (Å²) < 4.78 is 0. The first kappa shape index (κ1) is 13.8. The number of nitrogens with one attached hydrogen (secondary N) is 1. The van der Waals surface area contributed by atoms with Crippen molar-refractivity contribution in [3.63, 3.8) is 0 Å². The number of carbonyl (C=O) groups excluding carboxylic acids is 1. The fraction of sp³-hybridized carbons (Fsp3) is 0.600. The lowest BCUT2D eigenvalue weighted by Gasteiger charge is -2.26. The van der Waals surface area contributed by atoms with Crippen LogP contribution < -0.4 is 11.1 Å². The first-order valence-corrected chi connectivity index (χ1v) is 7.15. The molecular weight excluding hydrogens is 238 g/mol. The fourth-order valence-corrected chi connectivity index (χ4v) is 2.67. The van der Waals surface area contributed by atoms with Crippen molar-refractivity contribution in [1.82, 2.24) is 10.3 Å². The van der Waals surface area contributed by atoms with Crippen LogP contribution in [0, 0.1) is 11.8 Å². The van der Waals surface area contributed by atoms with E-state index in [0.29, 0.717) is 11.4 Å². The van der Waals surface area contributed by atoms with E-state index in [2.05, 4.69) is 17.2 Å². The molecule has 2 rings (SSSR count). The molecule has 1 heterocycles. The molecule has 0 aromatic carbocycles. The largest absolute Gasteiger partial charge is 0.399 e. The Morgan fingerprint density at radius 3 is 2.84 bits per heavy atom. The third kappa shape index (κ3) is 4.23. The third-order valence-corrected chi connectivity index (χ3v) is 3.99.